The molecule has 0 spiro atoms. The maximum atomic E-state index is 13.1. The lowest BCUT2D eigenvalue weighted by Gasteiger charge is -2.21. The fourth-order valence-corrected chi connectivity index (χ4v) is 13.8. The van der Waals surface area contributed by atoms with Gasteiger partial charge in [0.05, 0.1) is 26.4 Å². The first-order chi connectivity index (χ1) is 47.4. The monoisotopic (exact) mass is 1440 g/mol. The van der Waals surface area contributed by atoms with Gasteiger partial charge in [0.2, 0.25) is 0 Å². The van der Waals surface area contributed by atoms with Crippen LogP contribution < -0.4 is 0 Å². The van der Waals surface area contributed by atoms with E-state index in [1.165, 1.54) is 225 Å². The molecule has 2 unspecified atom stereocenters. The van der Waals surface area contributed by atoms with Crippen LogP contribution in [0.1, 0.15) is 414 Å². The molecule has 0 aliphatic rings. The molecule has 0 amide bonds. The second kappa shape index (κ2) is 70.7. The maximum absolute atomic E-state index is 13.1. The van der Waals surface area contributed by atoms with Crippen molar-refractivity contribution >= 4 is 39.5 Å². The maximum Gasteiger partial charge on any atom is 0.472 e. The molecule has 0 aromatic heterocycles. The summed E-state index contributed by atoms with van der Waals surface area (Å²) in [6, 6.07) is 0. The Hall–Kier alpha value is -1.94. The van der Waals surface area contributed by atoms with Crippen molar-refractivity contribution in [3.63, 3.8) is 0 Å². The molecule has 98 heavy (non-hydrogen) atoms. The quantitative estimate of drug-likeness (QED) is 0.0222. The van der Waals surface area contributed by atoms with Gasteiger partial charge in [-0.05, 0) is 37.5 Å². The van der Waals surface area contributed by atoms with E-state index in [9.17, 15) is 43.2 Å². The van der Waals surface area contributed by atoms with Crippen LogP contribution in [0.4, 0.5) is 0 Å². The Morgan fingerprint density at radius 3 is 0.694 bits per heavy atom. The fourth-order valence-electron chi connectivity index (χ4n) is 12.2. The number of carbonyl (C=O) groups is 4. The molecule has 0 aliphatic heterocycles. The molecule has 3 N–H and O–H groups in total. The van der Waals surface area contributed by atoms with Gasteiger partial charge in [0.15, 0.2) is 12.2 Å². The Balaban J connectivity index is 5.23. The van der Waals surface area contributed by atoms with Crippen LogP contribution in [-0.4, -0.2) is 96.7 Å². The molecule has 0 aromatic carbocycles. The van der Waals surface area contributed by atoms with Crippen molar-refractivity contribution in [1.82, 2.24) is 0 Å². The number of unbranched alkanes of at least 4 members (excludes halogenated alkanes) is 48. The van der Waals surface area contributed by atoms with E-state index in [2.05, 4.69) is 41.5 Å². The lowest BCUT2D eigenvalue weighted by atomic mass is 10.0. The summed E-state index contributed by atoms with van der Waals surface area (Å²) >= 11 is 0. The highest BCUT2D eigenvalue weighted by atomic mass is 31.2. The van der Waals surface area contributed by atoms with E-state index < -0.39 is 97.5 Å². The van der Waals surface area contributed by atoms with Crippen molar-refractivity contribution in [2.45, 2.75) is 432 Å². The van der Waals surface area contributed by atoms with Gasteiger partial charge in [-0.15, -0.1) is 0 Å². The SMILES string of the molecule is CCCCCCCCCCCCCCCCCCC(=O)OC[C@H](COP(=O)(O)OC[C@@H](O)COP(=O)(O)OC[C@@H](COC(=O)CCCCCCCCCC(C)C)OC(=O)CCCCCCCCCCCCCCC)OC(=O)CCCCCCCCCCCCCCCCCCC(C)C. The third-order valence-corrected chi connectivity index (χ3v) is 20.4. The topological polar surface area (TPSA) is 237 Å². The summed E-state index contributed by atoms with van der Waals surface area (Å²) in [4.78, 5) is 72.9. The van der Waals surface area contributed by atoms with Crippen molar-refractivity contribution in [1.29, 1.82) is 0 Å². The second-order valence-corrected chi connectivity index (χ2v) is 32.3. The summed E-state index contributed by atoms with van der Waals surface area (Å²) in [5, 5.41) is 10.6. The summed E-state index contributed by atoms with van der Waals surface area (Å²) in [7, 11) is -9.92. The van der Waals surface area contributed by atoms with Gasteiger partial charge in [0.25, 0.3) is 0 Å². The first-order valence-electron chi connectivity index (χ1n) is 41.0. The molecular formula is C79H154O17P2. The Morgan fingerprint density at radius 1 is 0.276 bits per heavy atom. The van der Waals surface area contributed by atoms with Crippen LogP contribution >= 0.6 is 15.6 Å². The van der Waals surface area contributed by atoms with Gasteiger partial charge in [0, 0.05) is 25.7 Å². The van der Waals surface area contributed by atoms with Gasteiger partial charge in [-0.3, -0.25) is 37.3 Å². The summed E-state index contributed by atoms with van der Waals surface area (Å²) in [6.07, 6.45) is 59.7. The number of phosphoric acid groups is 2. The molecule has 0 aromatic rings. The summed E-state index contributed by atoms with van der Waals surface area (Å²) in [6.45, 7) is 9.60. The Kier molecular flexibility index (Phi) is 69.3. The predicted octanol–water partition coefficient (Wildman–Crippen LogP) is 23.5. The third-order valence-electron chi connectivity index (χ3n) is 18.5. The number of ether oxygens (including phenoxy) is 4. The zero-order valence-corrected chi connectivity index (χ0v) is 65.9. The Bertz CT molecular complexity index is 1890. The van der Waals surface area contributed by atoms with E-state index in [1.54, 1.807) is 0 Å². The summed E-state index contributed by atoms with van der Waals surface area (Å²) in [5.74, 6) is -0.596. The predicted molar refractivity (Wildman–Crippen MR) is 400 cm³/mol. The van der Waals surface area contributed by atoms with Gasteiger partial charge in [-0.1, -0.05) is 363 Å². The second-order valence-electron chi connectivity index (χ2n) is 29.4. The van der Waals surface area contributed by atoms with Gasteiger partial charge in [-0.2, -0.15) is 0 Å². The average molecular weight is 1440 g/mol. The molecule has 0 saturated carbocycles. The highest BCUT2D eigenvalue weighted by Crippen LogP contribution is 2.45. The molecule has 582 valence electrons. The van der Waals surface area contributed by atoms with Crippen LogP contribution in [0.15, 0.2) is 0 Å². The van der Waals surface area contributed by atoms with Gasteiger partial charge in [-0.25, -0.2) is 9.13 Å². The first-order valence-corrected chi connectivity index (χ1v) is 44.0. The van der Waals surface area contributed by atoms with E-state index in [0.717, 1.165) is 102 Å². The van der Waals surface area contributed by atoms with Gasteiger partial charge in [0.1, 0.15) is 19.3 Å². The van der Waals surface area contributed by atoms with Gasteiger partial charge >= 0.3 is 39.5 Å². The number of rotatable bonds is 78. The largest absolute Gasteiger partial charge is 0.472 e. The van der Waals surface area contributed by atoms with Crippen molar-refractivity contribution in [3.8, 4) is 0 Å². The average Bonchev–Trinajstić information content (AvgIpc) is 1.01. The molecule has 17 nitrogen and oxygen atoms in total. The number of aliphatic hydroxyl groups is 1. The normalized spacial score (nSPS) is 13.9. The molecule has 0 bridgehead atoms. The number of esters is 4. The highest BCUT2D eigenvalue weighted by molar-refractivity contribution is 7.47. The first kappa shape index (κ1) is 96.1. The molecule has 0 heterocycles. The highest BCUT2D eigenvalue weighted by Gasteiger charge is 2.30. The van der Waals surface area contributed by atoms with E-state index in [0.29, 0.717) is 31.6 Å². The number of aliphatic hydroxyl groups excluding tert-OH is 1. The Labute approximate surface area is 600 Å². The molecule has 0 radical (unpaired) electrons. The Morgan fingerprint density at radius 2 is 0.469 bits per heavy atom. The molecule has 0 saturated heterocycles. The molecule has 0 rings (SSSR count). The molecular weight excluding hydrogens is 1280 g/mol. The lowest BCUT2D eigenvalue weighted by molar-refractivity contribution is -0.161. The fraction of sp³-hybridized carbons (Fsp3) is 0.949. The van der Waals surface area contributed by atoms with E-state index in [1.807, 2.05) is 0 Å². The van der Waals surface area contributed by atoms with Crippen molar-refractivity contribution in [3.05, 3.63) is 0 Å². The summed E-state index contributed by atoms with van der Waals surface area (Å²) < 4.78 is 68.6. The van der Waals surface area contributed by atoms with Crippen LogP contribution in [0.3, 0.4) is 0 Å². The van der Waals surface area contributed by atoms with E-state index in [-0.39, 0.29) is 25.7 Å². The zero-order chi connectivity index (χ0) is 72.1. The van der Waals surface area contributed by atoms with Crippen LogP contribution in [-0.2, 0) is 65.4 Å². The van der Waals surface area contributed by atoms with Crippen molar-refractivity contribution in [2.75, 3.05) is 39.6 Å². The molecule has 19 heteroatoms. The van der Waals surface area contributed by atoms with Crippen LogP contribution in [0.5, 0.6) is 0 Å². The molecule has 0 fully saturated rings. The van der Waals surface area contributed by atoms with Crippen molar-refractivity contribution < 1.29 is 80.2 Å². The molecule has 0 aliphatic carbocycles. The number of phosphoric ester groups is 2. The van der Waals surface area contributed by atoms with Crippen LogP contribution in [0.2, 0.25) is 0 Å². The summed E-state index contributed by atoms with van der Waals surface area (Å²) in [5.41, 5.74) is 0. The van der Waals surface area contributed by atoms with Crippen LogP contribution in [0, 0.1) is 11.8 Å². The minimum absolute atomic E-state index is 0.107. The number of hydrogen-bond acceptors (Lipinski definition) is 15. The van der Waals surface area contributed by atoms with E-state index >= 15 is 0 Å². The molecule has 5 atom stereocenters. The van der Waals surface area contributed by atoms with Crippen LogP contribution in [0.25, 0.3) is 0 Å². The standard InChI is InChI=1S/C79H154O17P2/c1-7-9-11-13-15-17-19-21-22-26-30-33-37-43-49-55-61-76(81)89-67-74(95-79(84)64-58-52-45-39-35-31-27-24-23-25-29-32-36-41-47-53-59-71(3)4)69-93-97(85,86)91-65-73(80)66-92-98(87,88)94-70-75(68-90-77(82)62-56-50-46-40-42-48-54-60-72(5)6)96-78(83)63-57-51-44-38-34-28-20-18-16-14-12-10-8-2/h71-75,80H,7-70H2,1-6H3,(H,85,86)(H,87,88)/t73-,74-,75-/m1/s1. The minimum Gasteiger partial charge on any atom is -0.462 e. The lowest BCUT2D eigenvalue weighted by Crippen LogP contribution is -2.30. The zero-order valence-electron chi connectivity index (χ0n) is 64.1. The van der Waals surface area contributed by atoms with Gasteiger partial charge < -0.3 is 33.8 Å². The third kappa shape index (κ3) is 72.4. The smallest absolute Gasteiger partial charge is 0.462 e. The van der Waals surface area contributed by atoms with Crippen molar-refractivity contribution in [2.24, 2.45) is 11.8 Å². The number of hydrogen-bond donors (Lipinski definition) is 3. The van der Waals surface area contributed by atoms with E-state index in [4.69, 9.17) is 37.0 Å². The number of carbonyl (C=O) groups excluding carboxylic acids is 4. The minimum atomic E-state index is -4.96.